The Kier molecular flexibility index (Phi) is 11.1. The number of anilines is 1. The lowest BCUT2D eigenvalue weighted by atomic mass is 10.0. The van der Waals surface area contributed by atoms with Crippen LogP contribution < -0.4 is 14.2 Å². The van der Waals surface area contributed by atoms with Crippen molar-refractivity contribution in [3.05, 3.63) is 180 Å². The van der Waals surface area contributed by atoms with Gasteiger partial charge in [0.2, 0.25) is 11.5 Å². The van der Waals surface area contributed by atoms with Gasteiger partial charge in [-0.15, -0.1) is 4.33 Å². The van der Waals surface area contributed by atoms with Gasteiger partial charge >= 0.3 is 5.89 Å². The Morgan fingerprint density at radius 2 is 1.44 bits per heavy atom. The van der Waals surface area contributed by atoms with Crippen molar-refractivity contribution in [2.24, 2.45) is 0 Å². The van der Waals surface area contributed by atoms with Gasteiger partial charge in [-0.2, -0.15) is 13.0 Å². The molecule has 10 nitrogen and oxygen atoms in total. The highest BCUT2D eigenvalue weighted by Crippen LogP contribution is 2.43. The third-order valence-electron chi connectivity index (χ3n) is 9.74. The highest BCUT2D eigenvalue weighted by Gasteiger charge is 2.30. The molecule has 8 rings (SSSR count). The molecule has 1 aliphatic rings. The topological polar surface area (TPSA) is 123 Å². The molecule has 0 aliphatic carbocycles. The molecule has 6 aromatic carbocycles. The second-order valence-corrected chi connectivity index (χ2v) is 15.4. The summed E-state index contributed by atoms with van der Waals surface area (Å²) in [5.74, 6) is 1.66. The number of fused-ring (bicyclic) bond motifs is 2. The number of nitrogens with zero attached hydrogens (tertiary/aromatic N) is 2. The molecule has 2 heterocycles. The smallest absolute Gasteiger partial charge is 0.374 e. The Morgan fingerprint density at radius 1 is 0.789 bits per heavy atom. The summed E-state index contributed by atoms with van der Waals surface area (Å²) < 4.78 is 55.1. The maximum Gasteiger partial charge on any atom is 0.374 e. The van der Waals surface area contributed by atoms with Crippen molar-refractivity contribution in [2.45, 2.75) is 36.2 Å². The molecule has 1 aromatic heterocycles. The van der Waals surface area contributed by atoms with Gasteiger partial charge in [0.05, 0.1) is 35.2 Å². The number of benzene rings is 6. The van der Waals surface area contributed by atoms with E-state index >= 15 is 0 Å². The van der Waals surface area contributed by atoms with E-state index in [1.54, 1.807) is 18.2 Å². The summed E-state index contributed by atoms with van der Waals surface area (Å²) >= 11 is 0.900. The van der Waals surface area contributed by atoms with Gasteiger partial charge in [-0.1, -0.05) is 121 Å². The normalized spacial score (nSPS) is 13.6. The number of allylic oxidation sites excluding steroid dienone is 2. The highest BCUT2D eigenvalue weighted by molar-refractivity contribution is 7.94. The molecule has 286 valence electrons. The zero-order chi connectivity index (χ0) is 39.4. The predicted molar refractivity (Wildman–Crippen MR) is 219 cm³/mol. The minimum atomic E-state index is -4.50. The molecule has 2 N–H and O–H groups in total. The van der Waals surface area contributed by atoms with Gasteiger partial charge in [-0.3, -0.25) is 4.55 Å². The number of oxazole rings is 1. The summed E-state index contributed by atoms with van der Waals surface area (Å²) in [6.07, 6.45) is 4.50. The fraction of sp³-hybridized carbons (Fsp3) is 0.0889. The quantitative estimate of drug-likeness (QED) is 0.0383. The summed E-state index contributed by atoms with van der Waals surface area (Å²) in [5.41, 5.74) is 8.55. The van der Waals surface area contributed by atoms with Crippen LogP contribution in [0.5, 0.6) is 5.75 Å². The van der Waals surface area contributed by atoms with Crippen LogP contribution >= 0.6 is 12.0 Å². The summed E-state index contributed by atoms with van der Waals surface area (Å²) in [4.78, 5) is 2.49. The third kappa shape index (κ3) is 8.28. The van der Waals surface area contributed by atoms with Gasteiger partial charge in [-0.25, -0.2) is 5.26 Å². The zero-order valence-electron chi connectivity index (χ0n) is 30.7. The summed E-state index contributed by atoms with van der Waals surface area (Å²) in [6, 6.07) is 46.2. The van der Waals surface area contributed by atoms with Crippen LogP contribution in [0.2, 0.25) is 0 Å². The lowest BCUT2D eigenvalue weighted by Gasteiger charge is -2.20. The predicted octanol–water partition coefficient (Wildman–Crippen LogP) is 10.5. The van der Waals surface area contributed by atoms with Crippen LogP contribution in [0.25, 0.3) is 39.4 Å². The van der Waals surface area contributed by atoms with Crippen molar-refractivity contribution in [1.82, 2.24) is 0 Å². The van der Waals surface area contributed by atoms with Gasteiger partial charge in [0.25, 0.3) is 15.6 Å². The molecule has 0 spiro atoms. The second-order valence-electron chi connectivity index (χ2n) is 13.3. The number of rotatable bonds is 13. The molecule has 0 saturated carbocycles. The molecule has 0 unspecified atom stereocenters. The maximum atomic E-state index is 12.5. The molecular formula is C45H37N2O8S2+. The summed E-state index contributed by atoms with van der Waals surface area (Å²) in [6.45, 7) is 2.53. The van der Waals surface area contributed by atoms with E-state index in [1.165, 1.54) is 6.07 Å². The van der Waals surface area contributed by atoms with Gasteiger partial charge < -0.3 is 14.1 Å². The van der Waals surface area contributed by atoms with Gasteiger partial charge in [-0.05, 0) is 70.1 Å². The minimum Gasteiger partial charge on any atom is -0.439 e. The van der Waals surface area contributed by atoms with Crippen LogP contribution in [0.1, 0.15) is 30.4 Å². The maximum absolute atomic E-state index is 12.5. The van der Waals surface area contributed by atoms with Crippen LogP contribution in [0.3, 0.4) is 0 Å². The molecule has 57 heavy (non-hydrogen) atoms. The first kappa shape index (κ1) is 37.9. The van der Waals surface area contributed by atoms with Crippen molar-refractivity contribution in [2.75, 3.05) is 4.90 Å². The van der Waals surface area contributed by atoms with E-state index in [2.05, 4.69) is 27.8 Å². The number of ether oxygens (including phenoxy) is 1. The SMILES string of the molecule is CCC(=Cc1oc2ccc(-c3ccccc3)cc2[n+]1Cc1ccccc1SOOO)C=C1Oc2ccc(-c3ccccc3)cc2N1Cc1ccccc1S(=O)(=O)O. The van der Waals surface area contributed by atoms with Crippen LogP contribution in [-0.4, -0.2) is 18.2 Å². The number of aromatic nitrogens is 1. The lowest BCUT2D eigenvalue weighted by molar-refractivity contribution is -0.669. The molecule has 12 heteroatoms. The Balaban J connectivity index is 1.25. The average molecular weight is 798 g/mol. The van der Waals surface area contributed by atoms with Crippen LogP contribution in [0.15, 0.2) is 177 Å². The van der Waals surface area contributed by atoms with E-state index in [0.29, 0.717) is 41.6 Å². The third-order valence-corrected chi connectivity index (χ3v) is 11.4. The molecule has 0 bridgehead atoms. The van der Waals surface area contributed by atoms with Crippen LogP contribution in [0.4, 0.5) is 5.69 Å². The molecule has 0 amide bonds. The van der Waals surface area contributed by atoms with Gasteiger partial charge in [0.15, 0.2) is 12.3 Å². The Bertz CT molecular complexity index is 2730. The summed E-state index contributed by atoms with van der Waals surface area (Å²) in [7, 11) is -4.50. The van der Waals surface area contributed by atoms with E-state index in [1.807, 2.05) is 127 Å². The van der Waals surface area contributed by atoms with Gasteiger partial charge in [0, 0.05) is 22.6 Å². The zero-order valence-corrected chi connectivity index (χ0v) is 32.3. The first-order valence-corrected chi connectivity index (χ1v) is 20.3. The van der Waals surface area contributed by atoms with E-state index < -0.39 is 10.1 Å². The average Bonchev–Trinajstić information content (AvgIpc) is 3.75. The first-order chi connectivity index (χ1) is 27.8. The fourth-order valence-corrected chi connectivity index (χ4v) is 8.11. The summed E-state index contributed by atoms with van der Waals surface area (Å²) in [5, 5.41) is 12.8. The molecule has 0 radical (unpaired) electrons. The van der Waals surface area contributed by atoms with Crippen molar-refractivity contribution in [1.29, 1.82) is 0 Å². The monoisotopic (exact) mass is 797 g/mol. The fourth-order valence-electron chi connectivity index (χ4n) is 6.92. The van der Waals surface area contributed by atoms with E-state index in [9.17, 15) is 13.0 Å². The van der Waals surface area contributed by atoms with Crippen molar-refractivity contribution >= 4 is 45.0 Å². The largest absolute Gasteiger partial charge is 0.439 e. The molecular weight excluding hydrogens is 761 g/mol. The molecule has 1 aliphatic heterocycles. The van der Waals surface area contributed by atoms with E-state index in [4.69, 9.17) is 18.7 Å². The van der Waals surface area contributed by atoms with Crippen molar-refractivity contribution < 1.29 is 41.3 Å². The Morgan fingerprint density at radius 3 is 2.14 bits per heavy atom. The van der Waals surface area contributed by atoms with Gasteiger partial charge in [0.1, 0.15) is 0 Å². The minimum absolute atomic E-state index is 0.102. The highest BCUT2D eigenvalue weighted by atomic mass is 32.2. The van der Waals surface area contributed by atoms with Crippen LogP contribution in [0, 0.1) is 0 Å². The standard InChI is InChI=1S/C45H36N2O8S2/c1-2-31(25-44-46(29-36-17-9-11-19-42(36)56-55-54-48)38-27-34(21-23-40(38)52-44)32-13-5-3-6-14-32)26-45-47(30-37-18-10-12-20-43(37)57(49,50)51)39-28-35(22-24-41(39)53-45)33-15-7-4-8-16-33/h3-28H,2,29-30H2,1H3,(H-,48,49,50,51)/p+1. The second kappa shape index (κ2) is 16.6. The molecule has 0 saturated heterocycles. The molecule has 0 fully saturated rings. The van der Waals surface area contributed by atoms with Crippen molar-refractivity contribution in [3.63, 3.8) is 0 Å². The van der Waals surface area contributed by atoms with E-state index in [0.717, 1.165) is 61.5 Å². The number of hydrogen-bond acceptors (Lipinski definition) is 9. The molecule has 0 atom stereocenters. The van der Waals surface area contributed by atoms with Crippen LogP contribution in [-0.2, 0) is 32.6 Å². The van der Waals surface area contributed by atoms with E-state index in [-0.39, 0.29) is 11.4 Å². The molecule has 7 aromatic rings. The van der Waals surface area contributed by atoms with Crippen molar-refractivity contribution in [3.8, 4) is 28.0 Å². The lowest BCUT2D eigenvalue weighted by Crippen LogP contribution is -2.36. The number of hydrogen-bond donors (Lipinski definition) is 2. The first-order valence-electron chi connectivity index (χ1n) is 18.2. The Labute approximate surface area is 334 Å². The Hall–Kier alpha value is -5.99.